The molecule has 0 saturated carbocycles. The Morgan fingerprint density at radius 3 is 1.88 bits per heavy atom. The highest BCUT2D eigenvalue weighted by molar-refractivity contribution is 7.26. The van der Waals surface area contributed by atoms with Crippen LogP contribution in [0.3, 0.4) is 0 Å². The first-order valence-electron chi connectivity index (χ1n) is 22.9. The molecule has 3 nitrogen and oxygen atoms in total. The lowest BCUT2D eigenvalue weighted by Crippen LogP contribution is -2.38. The third-order valence-corrected chi connectivity index (χ3v) is 16.4. The summed E-state index contributed by atoms with van der Waals surface area (Å²) in [7, 11) is 0. The normalized spacial score (nSPS) is 19.2. The Bertz CT molecular complexity index is 3740. The molecular formula is C62H39NO2S. The Morgan fingerprint density at radius 2 is 1.05 bits per heavy atom. The molecule has 0 bridgehead atoms. The average Bonchev–Trinajstić information content (AvgIpc) is 4.01. The molecule has 0 fully saturated rings. The van der Waals surface area contributed by atoms with Gasteiger partial charge in [0.15, 0.2) is 5.75 Å². The van der Waals surface area contributed by atoms with Crippen LogP contribution in [0.2, 0.25) is 0 Å². The molecule has 3 heterocycles. The molecule has 0 N–H and O–H groups in total. The molecule has 1 aromatic heterocycles. The number of ether oxygens (including phenoxy) is 2. The molecule has 3 atom stereocenters. The van der Waals surface area contributed by atoms with Gasteiger partial charge in [-0.1, -0.05) is 170 Å². The largest absolute Gasteiger partial charge is 0.457 e. The molecule has 2 aliphatic heterocycles. The Morgan fingerprint density at radius 1 is 0.439 bits per heavy atom. The summed E-state index contributed by atoms with van der Waals surface area (Å²) in [4.78, 5) is 2.48. The van der Waals surface area contributed by atoms with Crippen LogP contribution in [-0.2, 0) is 10.8 Å². The molecule has 10 aromatic rings. The molecule has 0 amide bonds. The Hall–Kier alpha value is -7.92. The maximum absolute atomic E-state index is 7.43. The van der Waals surface area contributed by atoms with Crippen LogP contribution in [0.4, 0.5) is 17.1 Å². The van der Waals surface area contributed by atoms with E-state index in [0.717, 1.165) is 51.2 Å². The molecule has 0 radical (unpaired) electrons. The van der Waals surface area contributed by atoms with E-state index in [0.29, 0.717) is 0 Å². The SMILES string of the molecule is C1=CC2c3ccccc3C3(c4ccccc4Oc4c(N(c5ccc6c(c5)C5(c7ccccc7O6)c6ccccc6-c6ccccc65)c5cccc6sc7ccccc7c56)cccc43)C2C=C1. The van der Waals surface area contributed by atoms with E-state index in [1.807, 2.05) is 11.3 Å². The second-order valence-corrected chi connectivity index (χ2v) is 19.3. The zero-order valence-corrected chi connectivity index (χ0v) is 36.5. The smallest absolute Gasteiger partial charge is 0.155 e. The van der Waals surface area contributed by atoms with Crippen molar-refractivity contribution < 1.29 is 9.47 Å². The van der Waals surface area contributed by atoms with Crippen molar-refractivity contribution in [2.75, 3.05) is 4.90 Å². The minimum absolute atomic E-state index is 0.153. The zero-order valence-electron chi connectivity index (χ0n) is 35.7. The number of nitrogens with zero attached hydrogens (tertiary/aromatic N) is 1. The minimum Gasteiger partial charge on any atom is -0.457 e. The zero-order chi connectivity index (χ0) is 43.1. The Labute approximate surface area is 386 Å². The Balaban J connectivity index is 1.05. The average molecular weight is 862 g/mol. The molecule has 310 valence electrons. The van der Waals surface area contributed by atoms with Crippen LogP contribution in [0.5, 0.6) is 23.0 Å². The number of fused-ring (bicyclic) bond motifs is 21. The number of allylic oxidation sites excluding steroid dienone is 4. The third kappa shape index (κ3) is 4.52. The van der Waals surface area contributed by atoms with Crippen LogP contribution in [0.15, 0.2) is 224 Å². The van der Waals surface area contributed by atoms with Gasteiger partial charge in [-0.25, -0.2) is 0 Å². The van der Waals surface area contributed by atoms with Gasteiger partial charge in [0, 0.05) is 59.9 Å². The predicted molar refractivity (Wildman–Crippen MR) is 269 cm³/mol. The van der Waals surface area contributed by atoms with E-state index in [4.69, 9.17) is 9.47 Å². The van der Waals surface area contributed by atoms with Crippen molar-refractivity contribution in [3.8, 4) is 34.1 Å². The summed E-state index contributed by atoms with van der Waals surface area (Å²) < 4.78 is 16.9. The lowest BCUT2D eigenvalue weighted by atomic mass is 9.62. The van der Waals surface area contributed by atoms with Gasteiger partial charge in [0.2, 0.25) is 0 Å². The number of rotatable bonds is 3. The lowest BCUT2D eigenvalue weighted by Gasteiger charge is -2.44. The molecular weight excluding hydrogens is 823 g/mol. The standard InChI is InChI=1S/C62H39NO2S/c1-6-22-44-39(17-1)40-18-2-7-23-45(40)61(44)49-27-11-13-32-55(49)65-60-50(61)28-15-30-53(60)63(52-29-16-34-58-59(52)43-21-5-14-33-57(43)66-58)38-35-36-56-51(37-38)62(48-26-10-12-31-54(48)64-56)46-24-8-3-19-41(46)42-20-4-9-25-47(42)62/h1-37,39,44H. The summed E-state index contributed by atoms with van der Waals surface area (Å²) in [6, 6.07) is 73.7. The lowest BCUT2D eigenvalue weighted by molar-refractivity contribution is 0.375. The van der Waals surface area contributed by atoms with E-state index in [9.17, 15) is 0 Å². The fraction of sp³-hybridized carbons (Fsp3) is 0.0645. The van der Waals surface area contributed by atoms with Crippen LogP contribution < -0.4 is 14.4 Å². The van der Waals surface area contributed by atoms with E-state index in [1.54, 1.807) is 0 Å². The Kier molecular flexibility index (Phi) is 7.35. The summed E-state index contributed by atoms with van der Waals surface area (Å²) in [5.41, 5.74) is 14.4. The highest BCUT2D eigenvalue weighted by atomic mass is 32.1. The molecule has 15 rings (SSSR count). The highest BCUT2D eigenvalue weighted by Gasteiger charge is 2.57. The first-order chi connectivity index (χ1) is 32.7. The van der Waals surface area contributed by atoms with E-state index in [1.165, 1.54) is 64.7 Å². The van der Waals surface area contributed by atoms with Crippen molar-refractivity contribution >= 4 is 48.6 Å². The van der Waals surface area contributed by atoms with Gasteiger partial charge in [-0.15, -0.1) is 11.3 Å². The first-order valence-corrected chi connectivity index (χ1v) is 23.7. The molecule has 4 heteroatoms. The van der Waals surface area contributed by atoms with Crippen molar-refractivity contribution in [2.24, 2.45) is 5.92 Å². The van der Waals surface area contributed by atoms with E-state index in [2.05, 4.69) is 229 Å². The number of para-hydroxylation sites is 3. The first kappa shape index (κ1) is 36.4. The second-order valence-electron chi connectivity index (χ2n) is 18.2. The van der Waals surface area contributed by atoms with Crippen molar-refractivity contribution in [1.29, 1.82) is 0 Å². The summed E-state index contributed by atoms with van der Waals surface area (Å²) in [5, 5.41) is 2.46. The quantitative estimate of drug-likeness (QED) is 0.177. The van der Waals surface area contributed by atoms with E-state index >= 15 is 0 Å². The maximum atomic E-state index is 7.43. The molecule has 0 saturated heterocycles. The van der Waals surface area contributed by atoms with Crippen molar-refractivity contribution in [3.63, 3.8) is 0 Å². The summed E-state index contributed by atoms with van der Waals surface area (Å²) >= 11 is 1.85. The number of hydrogen-bond acceptors (Lipinski definition) is 4. The maximum Gasteiger partial charge on any atom is 0.155 e. The number of thiophene rings is 1. The monoisotopic (exact) mass is 861 g/mol. The van der Waals surface area contributed by atoms with Crippen LogP contribution in [-0.4, -0.2) is 0 Å². The van der Waals surface area contributed by atoms with E-state index < -0.39 is 10.8 Å². The van der Waals surface area contributed by atoms with Gasteiger partial charge in [0.1, 0.15) is 17.2 Å². The van der Waals surface area contributed by atoms with Gasteiger partial charge in [-0.3, -0.25) is 0 Å². The van der Waals surface area contributed by atoms with Crippen LogP contribution in [0, 0.1) is 5.92 Å². The summed E-state index contributed by atoms with van der Waals surface area (Å²) in [5.74, 6) is 3.88. The fourth-order valence-corrected chi connectivity index (χ4v) is 14.0. The van der Waals surface area contributed by atoms with Gasteiger partial charge >= 0.3 is 0 Å². The van der Waals surface area contributed by atoms with Gasteiger partial charge in [-0.05, 0) is 88.0 Å². The van der Waals surface area contributed by atoms with Crippen LogP contribution in [0.25, 0.3) is 31.3 Å². The van der Waals surface area contributed by atoms with Crippen molar-refractivity contribution in [1.82, 2.24) is 0 Å². The molecule has 2 spiro atoms. The minimum atomic E-state index is -0.626. The van der Waals surface area contributed by atoms with Crippen LogP contribution >= 0.6 is 11.3 Å². The van der Waals surface area contributed by atoms with Gasteiger partial charge in [-0.2, -0.15) is 0 Å². The predicted octanol–water partition coefficient (Wildman–Crippen LogP) is 16.3. The third-order valence-electron chi connectivity index (χ3n) is 15.3. The molecule has 3 aliphatic carbocycles. The van der Waals surface area contributed by atoms with Crippen molar-refractivity contribution in [2.45, 2.75) is 16.7 Å². The summed E-state index contributed by atoms with van der Waals surface area (Å²) in [6.45, 7) is 0. The second kappa shape index (κ2) is 13.3. The highest BCUT2D eigenvalue weighted by Crippen LogP contribution is 2.67. The van der Waals surface area contributed by atoms with Gasteiger partial charge < -0.3 is 14.4 Å². The molecule has 5 aliphatic rings. The molecule has 9 aromatic carbocycles. The number of anilines is 3. The van der Waals surface area contributed by atoms with Crippen molar-refractivity contribution in [3.05, 3.63) is 269 Å². The molecule has 66 heavy (non-hydrogen) atoms. The van der Waals surface area contributed by atoms with E-state index in [-0.39, 0.29) is 11.8 Å². The van der Waals surface area contributed by atoms with Crippen LogP contribution in [0.1, 0.15) is 50.4 Å². The molecule has 3 unspecified atom stereocenters. The topological polar surface area (TPSA) is 21.7 Å². The number of benzene rings is 9. The number of hydrogen-bond donors (Lipinski definition) is 0. The van der Waals surface area contributed by atoms with Gasteiger partial charge in [0.25, 0.3) is 0 Å². The van der Waals surface area contributed by atoms with Gasteiger partial charge in [0.05, 0.1) is 22.2 Å². The fourth-order valence-electron chi connectivity index (χ4n) is 12.9. The summed E-state index contributed by atoms with van der Waals surface area (Å²) in [6.07, 6.45) is 9.31.